The first-order valence-electron chi connectivity index (χ1n) is 9.22. The van der Waals surface area contributed by atoms with Gasteiger partial charge in [-0.15, -0.1) is 0 Å². The molecule has 0 aliphatic carbocycles. The number of hydrogen-bond donors (Lipinski definition) is 3. The topological polar surface area (TPSA) is 113 Å². The quantitative estimate of drug-likeness (QED) is 0.252. The number of carboxylic acids is 1. The first-order chi connectivity index (χ1) is 14.3. The molecule has 0 radical (unpaired) electrons. The van der Waals surface area contributed by atoms with Crippen molar-refractivity contribution in [1.82, 2.24) is 0 Å². The van der Waals surface area contributed by atoms with Gasteiger partial charge in [-0.1, -0.05) is 22.0 Å². The number of aliphatic carboxylic acids is 1. The highest BCUT2D eigenvalue weighted by atomic mass is 79.9. The lowest BCUT2D eigenvalue weighted by Gasteiger charge is -2.20. The van der Waals surface area contributed by atoms with Crippen LogP contribution in [-0.2, 0) is 9.53 Å². The number of carbonyl (C=O) groups is 3. The van der Waals surface area contributed by atoms with Gasteiger partial charge in [0.25, 0.3) is 0 Å². The van der Waals surface area contributed by atoms with E-state index in [0.29, 0.717) is 36.1 Å². The average Bonchev–Trinajstić information content (AvgIpc) is 2.69. The van der Waals surface area contributed by atoms with Crippen LogP contribution in [0.3, 0.4) is 0 Å². The molecule has 0 aliphatic rings. The highest BCUT2D eigenvalue weighted by Gasteiger charge is 2.20. The third-order valence-corrected chi connectivity index (χ3v) is 4.71. The summed E-state index contributed by atoms with van der Waals surface area (Å²) in [5, 5.41) is 21.5. The van der Waals surface area contributed by atoms with Crippen LogP contribution in [0, 0.1) is 0 Å². The number of carboxylic acid groups (broad SMARTS) is 1. The van der Waals surface area contributed by atoms with Gasteiger partial charge in [-0.05, 0) is 68.7 Å². The Morgan fingerprint density at radius 1 is 1.17 bits per heavy atom. The third-order valence-electron chi connectivity index (χ3n) is 4.22. The minimum absolute atomic E-state index is 0.0112. The van der Waals surface area contributed by atoms with Gasteiger partial charge in [-0.2, -0.15) is 0 Å². The Hall–Kier alpha value is -3.13. The van der Waals surface area contributed by atoms with Gasteiger partial charge in [0.15, 0.2) is 5.78 Å². The molecule has 0 fully saturated rings. The second-order valence-corrected chi connectivity index (χ2v) is 7.44. The summed E-state index contributed by atoms with van der Waals surface area (Å²) in [5.74, 6) is -1.11. The van der Waals surface area contributed by atoms with Crippen LogP contribution in [-0.4, -0.2) is 28.1 Å². The molecule has 0 spiro atoms. The summed E-state index contributed by atoms with van der Waals surface area (Å²) in [4.78, 5) is 34.3. The number of unbranched alkanes of at least 4 members (excludes halogenated alkanes) is 1. The number of aromatic hydroxyl groups is 1. The Labute approximate surface area is 182 Å². The summed E-state index contributed by atoms with van der Waals surface area (Å²) < 4.78 is 6.26. The van der Waals surface area contributed by atoms with Crippen molar-refractivity contribution in [2.45, 2.75) is 32.3 Å². The van der Waals surface area contributed by atoms with Gasteiger partial charge in [0.05, 0.1) is 0 Å². The van der Waals surface area contributed by atoms with Crippen LogP contribution in [0.15, 0.2) is 59.1 Å². The van der Waals surface area contributed by atoms with Gasteiger partial charge in [0.2, 0.25) is 0 Å². The summed E-state index contributed by atoms with van der Waals surface area (Å²) in [6.45, 7) is 1.46. The summed E-state index contributed by atoms with van der Waals surface area (Å²) in [6.07, 6.45) is 2.54. The third kappa shape index (κ3) is 7.36. The number of nitrogens with one attached hydrogen (secondary N) is 1. The van der Waals surface area contributed by atoms with Gasteiger partial charge in [-0.25, -0.2) is 9.59 Å². The summed E-state index contributed by atoms with van der Waals surface area (Å²) in [7, 11) is 0. The molecular formula is C22H22BrNO6. The largest absolute Gasteiger partial charge is 0.508 e. The number of Topliss-reactive ketones (excluding diaryl/α,β-unsaturated/α-hetero) is 1. The van der Waals surface area contributed by atoms with E-state index in [4.69, 9.17) is 9.84 Å². The van der Waals surface area contributed by atoms with Crippen LogP contribution >= 0.6 is 15.9 Å². The molecule has 0 unspecified atom stereocenters. The lowest BCUT2D eigenvalue weighted by molar-refractivity contribution is -0.131. The normalized spacial score (nSPS) is 11.8. The van der Waals surface area contributed by atoms with Crippen molar-refractivity contribution in [2.75, 3.05) is 5.32 Å². The number of hydrogen-bond acceptors (Lipinski definition) is 5. The lowest BCUT2D eigenvalue weighted by atomic mass is 10.0. The van der Waals surface area contributed by atoms with Crippen LogP contribution in [0.2, 0.25) is 0 Å². The zero-order valence-corrected chi connectivity index (χ0v) is 17.9. The van der Waals surface area contributed by atoms with Crippen molar-refractivity contribution in [3.63, 3.8) is 0 Å². The smallest absolute Gasteiger partial charge is 0.412 e. The van der Waals surface area contributed by atoms with Gasteiger partial charge < -0.3 is 14.9 Å². The summed E-state index contributed by atoms with van der Waals surface area (Å²) in [6, 6.07) is 11.2. The van der Waals surface area contributed by atoms with Crippen molar-refractivity contribution >= 4 is 39.5 Å². The SMILES string of the molecule is CC(=O)c1ccc(NC(=O)O[C@@H](CCC/C=C/C(=O)O)c2cc(Br)ccc2O)cc1. The van der Waals surface area contributed by atoms with E-state index in [2.05, 4.69) is 21.2 Å². The molecule has 0 saturated heterocycles. The molecule has 0 aromatic heterocycles. The predicted octanol–water partition coefficient (Wildman–Crippen LogP) is 5.46. The maximum Gasteiger partial charge on any atom is 0.412 e. The first kappa shape index (κ1) is 23.2. The number of amides is 1. The molecule has 2 aromatic carbocycles. The standard InChI is InChI=1S/C22H22BrNO6/c1-14(25)15-7-10-17(11-8-15)24-22(29)30-20(5-3-2-4-6-21(27)28)18-13-16(23)9-12-19(18)26/h4,6-13,20,26H,2-3,5H2,1H3,(H,24,29)(H,27,28)/b6-4+/t20-/m0/s1. The van der Waals surface area contributed by atoms with Crippen molar-refractivity contribution < 1.29 is 29.3 Å². The molecule has 0 bridgehead atoms. The number of phenolic OH excluding ortho intramolecular Hbond substituents is 1. The van der Waals surface area contributed by atoms with Crippen LogP contribution in [0.1, 0.15) is 48.2 Å². The molecule has 30 heavy (non-hydrogen) atoms. The number of phenols is 1. The maximum atomic E-state index is 12.4. The highest BCUT2D eigenvalue weighted by Crippen LogP contribution is 2.33. The molecule has 8 heteroatoms. The van der Waals surface area contributed by atoms with E-state index >= 15 is 0 Å². The molecule has 0 heterocycles. The molecule has 0 saturated carbocycles. The Morgan fingerprint density at radius 2 is 1.87 bits per heavy atom. The average molecular weight is 476 g/mol. The molecular weight excluding hydrogens is 454 g/mol. The van der Waals surface area contributed by atoms with Gasteiger partial charge in [0, 0.05) is 27.4 Å². The second-order valence-electron chi connectivity index (χ2n) is 6.53. The van der Waals surface area contributed by atoms with E-state index < -0.39 is 18.2 Å². The van der Waals surface area contributed by atoms with E-state index in [0.717, 1.165) is 10.5 Å². The molecule has 0 aliphatic heterocycles. The van der Waals surface area contributed by atoms with Crippen LogP contribution in [0.5, 0.6) is 5.75 Å². The van der Waals surface area contributed by atoms with E-state index in [1.807, 2.05) is 0 Å². The molecule has 1 atom stereocenters. The highest BCUT2D eigenvalue weighted by molar-refractivity contribution is 9.10. The predicted molar refractivity (Wildman–Crippen MR) is 116 cm³/mol. The monoisotopic (exact) mass is 475 g/mol. The van der Waals surface area contributed by atoms with Crippen molar-refractivity contribution in [3.8, 4) is 5.75 Å². The molecule has 2 rings (SSSR count). The minimum Gasteiger partial charge on any atom is -0.508 e. The number of ketones is 1. The van der Waals surface area contributed by atoms with Crippen molar-refractivity contribution in [1.29, 1.82) is 0 Å². The van der Waals surface area contributed by atoms with E-state index in [1.54, 1.807) is 36.4 Å². The Bertz CT molecular complexity index is 939. The van der Waals surface area contributed by atoms with Crippen LogP contribution < -0.4 is 5.32 Å². The van der Waals surface area contributed by atoms with E-state index in [1.165, 1.54) is 19.1 Å². The fourth-order valence-corrected chi connectivity index (χ4v) is 3.11. The van der Waals surface area contributed by atoms with Crippen molar-refractivity contribution in [2.24, 2.45) is 0 Å². The minimum atomic E-state index is -1.03. The number of anilines is 1. The summed E-state index contributed by atoms with van der Waals surface area (Å²) in [5.41, 5.74) is 1.43. The molecule has 158 valence electrons. The number of carbonyl (C=O) groups excluding carboxylic acids is 2. The second kappa shape index (κ2) is 11.2. The van der Waals surface area contributed by atoms with Crippen LogP contribution in [0.4, 0.5) is 10.5 Å². The van der Waals surface area contributed by atoms with Gasteiger partial charge >= 0.3 is 12.1 Å². The van der Waals surface area contributed by atoms with Crippen molar-refractivity contribution in [3.05, 3.63) is 70.2 Å². The lowest BCUT2D eigenvalue weighted by Crippen LogP contribution is -2.18. The molecule has 2 aromatic rings. The fraction of sp³-hybridized carbons (Fsp3) is 0.227. The number of halogens is 1. The number of benzene rings is 2. The Balaban J connectivity index is 2.09. The number of allylic oxidation sites excluding steroid dienone is 1. The molecule has 3 N–H and O–H groups in total. The molecule has 1 amide bonds. The van der Waals surface area contributed by atoms with E-state index in [-0.39, 0.29) is 11.5 Å². The van der Waals surface area contributed by atoms with E-state index in [9.17, 15) is 19.5 Å². The Morgan fingerprint density at radius 3 is 2.50 bits per heavy atom. The zero-order valence-electron chi connectivity index (χ0n) is 16.3. The first-order valence-corrected chi connectivity index (χ1v) is 10.0. The molecule has 7 nitrogen and oxygen atoms in total. The Kier molecular flexibility index (Phi) is 8.61. The fourth-order valence-electron chi connectivity index (χ4n) is 2.73. The number of rotatable bonds is 9. The van der Waals surface area contributed by atoms with Gasteiger partial charge in [0.1, 0.15) is 11.9 Å². The zero-order chi connectivity index (χ0) is 22.1. The van der Waals surface area contributed by atoms with Gasteiger partial charge in [-0.3, -0.25) is 10.1 Å². The number of ether oxygens (including phenoxy) is 1. The van der Waals surface area contributed by atoms with Crippen LogP contribution in [0.25, 0.3) is 0 Å². The summed E-state index contributed by atoms with van der Waals surface area (Å²) >= 11 is 3.34. The maximum absolute atomic E-state index is 12.4.